The normalized spacial score (nSPS) is 11.8. The maximum atomic E-state index is 10.1. The Morgan fingerprint density at radius 3 is 2.26 bits per heavy atom. The van der Waals surface area contributed by atoms with Gasteiger partial charge in [-0.3, -0.25) is 5.43 Å². The van der Waals surface area contributed by atoms with Crippen molar-refractivity contribution in [2.45, 2.75) is 6.54 Å². The molecular weight excluding hydrogens is 424 g/mol. The number of para-hydroxylation sites is 4. The molecule has 2 N–H and O–H groups in total. The van der Waals surface area contributed by atoms with Crippen molar-refractivity contribution in [1.82, 2.24) is 9.55 Å². The number of anilines is 1. The number of aromatic hydroxyl groups is 1. The molecule has 5 rings (SSSR count). The third-order valence-corrected chi connectivity index (χ3v) is 5.27. The number of benzene rings is 4. The number of phenols is 1. The summed E-state index contributed by atoms with van der Waals surface area (Å²) in [4.78, 5) is 4.69. The van der Waals surface area contributed by atoms with Crippen molar-refractivity contribution in [2.75, 3.05) is 5.43 Å². The largest absolute Gasteiger partial charge is 0.506 e. The Morgan fingerprint density at radius 1 is 0.794 bits per heavy atom. The Labute approximate surface area is 196 Å². The molecule has 7 heteroatoms. The first-order valence-corrected chi connectivity index (χ1v) is 10.9. The lowest BCUT2D eigenvalue weighted by Gasteiger charge is -2.07. The molecule has 7 nitrogen and oxygen atoms in total. The summed E-state index contributed by atoms with van der Waals surface area (Å²) in [6, 6.07) is 34.5. The Hall–Kier alpha value is -4.78. The molecule has 0 amide bonds. The number of phenolic OH excluding ortho intramolecular Hbond substituents is 1. The predicted molar refractivity (Wildman–Crippen MR) is 135 cm³/mol. The van der Waals surface area contributed by atoms with Crippen LogP contribution in [0.25, 0.3) is 11.0 Å². The second kappa shape index (κ2) is 9.79. The number of hydrogen-bond acceptors (Lipinski definition) is 5. The number of rotatable bonds is 6. The van der Waals surface area contributed by atoms with Gasteiger partial charge in [-0.25, -0.2) is 4.98 Å². The van der Waals surface area contributed by atoms with E-state index in [0.717, 1.165) is 22.2 Å². The first-order chi connectivity index (χ1) is 16.8. The summed E-state index contributed by atoms with van der Waals surface area (Å²) in [6.07, 6.45) is 0. The second-order valence-electron chi connectivity index (χ2n) is 7.60. The summed E-state index contributed by atoms with van der Waals surface area (Å²) in [5.74, 6) is 0.943. The molecule has 1 heterocycles. The van der Waals surface area contributed by atoms with E-state index in [1.165, 1.54) is 0 Å². The number of imidazole rings is 1. The number of hydrogen-bond donors (Lipinski definition) is 2. The maximum absolute atomic E-state index is 10.1. The molecule has 0 radical (unpaired) electrons. The highest BCUT2D eigenvalue weighted by atomic mass is 16.3. The van der Waals surface area contributed by atoms with Gasteiger partial charge in [-0.05, 0) is 29.8 Å². The summed E-state index contributed by atoms with van der Waals surface area (Å²) < 4.78 is 2.03. The summed E-state index contributed by atoms with van der Waals surface area (Å²) >= 11 is 0. The van der Waals surface area contributed by atoms with Gasteiger partial charge in [0.15, 0.2) is 0 Å². The molecule has 0 bridgehead atoms. The molecule has 0 saturated heterocycles. The van der Waals surface area contributed by atoms with Crippen LogP contribution in [0.1, 0.15) is 11.1 Å². The molecule has 0 aliphatic carbocycles. The molecule has 0 spiro atoms. The molecule has 0 aliphatic heterocycles. The van der Waals surface area contributed by atoms with E-state index in [-0.39, 0.29) is 5.75 Å². The summed E-state index contributed by atoms with van der Waals surface area (Å²) in [7, 11) is 0. The Bertz CT molecular complexity index is 1460. The van der Waals surface area contributed by atoms with Crippen LogP contribution in [0.4, 0.5) is 11.6 Å². The van der Waals surface area contributed by atoms with Gasteiger partial charge in [-0.1, -0.05) is 84.9 Å². The van der Waals surface area contributed by atoms with Crippen molar-refractivity contribution in [3.63, 3.8) is 0 Å². The maximum Gasteiger partial charge on any atom is 0.250 e. The third kappa shape index (κ3) is 4.68. The molecule has 34 heavy (non-hydrogen) atoms. The van der Waals surface area contributed by atoms with Gasteiger partial charge in [-0.15, -0.1) is 10.2 Å². The van der Waals surface area contributed by atoms with Crippen molar-refractivity contribution in [1.29, 1.82) is 0 Å². The predicted octanol–water partition coefficient (Wildman–Crippen LogP) is 6.35. The molecule has 1 aromatic heterocycles. The SMILES string of the molecule is Oc1ccccc1N/N=C(/N=Nc1nc2ccccc2n1Cc1ccccc1)c1ccccc1. The van der Waals surface area contributed by atoms with Crippen LogP contribution in [0.5, 0.6) is 5.75 Å². The van der Waals surface area contributed by atoms with Crippen molar-refractivity contribution >= 4 is 28.5 Å². The third-order valence-electron chi connectivity index (χ3n) is 5.27. The average Bonchev–Trinajstić information content (AvgIpc) is 3.23. The van der Waals surface area contributed by atoms with Gasteiger partial charge in [0, 0.05) is 5.56 Å². The van der Waals surface area contributed by atoms with Crippen LogP contribution in [0.15, 0.2) is 125 Å². The number of nitrogens with zero attached hydrogens (tertiary/aromatic N) is 5. The van der Waals surface area contributed by atoms with Gasteiger partial charge in [0.2, 0.25) is 5.84 Å². The molecule has 5 aromatic rings. The summed E-state index contributed by atoms with van der Waals surface area (Å²) in [5, 5.41) is 23.4. The zero-order valence-corrected chi connectivity index (χ0v) is 18.3. The van der Waals surface area contributed by atoms with Crippen LogP contribution >= 0.6 is 0 Å². The zero-order chi connectivity index (χ0) is 23.2. The zero-order valence-electron chi connectivity index (χ0n) is 18.3. The molecule has 4 aromatic carbocycles. The number of aromatic nitrogens is 2. The van der Waals surface area contributed by atoms with Gasteiger partial charge in [-0.2, -0.15) is 5.10 Å². The number of hydrazone groups is 1. The van der Waals surface area contributed by atoms with Crippen molar-refractivity contribution in [3.05, 3.63) is 120 Å². The number of amidine groups is 1. The lowest BCUT2D eigenvalue weighted by atomic mass is 10.2. The minimum atomic E-state index is 0.0975. The molecule has 0 fully saturated rings. The lowest BCUT2D eigenvalue weighted by Crippen LogP contribution is -2.02. The number of fused-ring (bicyclic) bond motifs is 1. The Morgan fingerprint density at radius 2 is 1.47 bits per heavy atom. The number of nitrogens with one attached hydrogen (secondary N) is 1. The smallest absolute Gasteiger partial charge is 0.250 e. The van der Waals surface area contributed by atoms with E-state index in [2.05, 4.69) is 32.9 Å². The first kappa shape index (κ1) is 21.1. The minimum absolute atomic E-state index is 0.0975. The standard InChI is InChI=1S/C27H22N6O/c34-25-18-10-8-16-23(25)29-30-26(21-13-5-2-6-14-21)31-32-27-28-22-15-7-9-17-24(22)33(27)19-20-11-3-1-4-12-20/h1-18,29,34H,19H2/b30-26+,32-31?. The Kier molecular flexibility index (Phi) is 6.07. The van der Waals surface area contributed by atoms with Crippen LogP contribution in [0.2, 0.25) is 0 Å². The van der Waals surface area contributed by atoms with E-state index >= 15 is 0 Å². The van der Waals surface area contributed by atoms with Gasteiger partial charge in [0.05, 0.1) is 23.3 Å². The average molecular weight is 447 g/mol. The Balaban J connectivity index is 1.53. The van der Waals surface area contributed by atoms with Gasteiger partial charge in [0.25, 0.3) is 5.95 Å². The van der Waals surface area contributed by atoms with E-state index in [1.54, 1.807) is 18.2 Å². The highest BCUT2D eigenvalue weighted by Gasteiger charge is 2.11. The van der Waals surface area contributed by atoms with E-state index in [9.17, 15) is 5.11 Å². The lowest BCUT2D eigenvalue weighted by molar-refractivity contribution is 0.477. The molecule has 0 atom stereocenters. The molecular formula is C27H22N6O. The van der Waals surface area contributed by atoms with Crippen LogP contribution in [0.3, 0.4) is 0 Å². The van der Waals surface area contributed by atoms with Crippen LogP contribution in [-0.4, -0.2) is 20.5 Å². The molecule has 0 saturated carbocycles. The highest BCUT2D eigenvalue weighted by molar-refractivity contribution is 5.99. The van der Waals surface area contributed by atoms with Gasteiger partial charge >= 0.3 is 0 Å². The molecule has 0 unspecified atom stereocenters. The van der Waals surface area contributed by atoms with Crippen LogP contribution in [0, 0.1) is 0 Å². The molecule has 0 aliphatic rings. The van der Waals surface area contributed by atoms with E-state index in [0.29, 0.717) is 24.0 Å². The van der Waals surface area contributed by atoms with E-state index in [1.807, 2.05) is 83.4 Å². The van der Waals surface area contributed by atoms with E-state index in [4.69, 9.17) is 4.98 Å². The minimum Gasteiger partial charge on any atom is -0.506 e. The van der Waals surface area contributed by atoms with Crippen molar-refractivity contribution in [3.8, 4) is 5.75 Å². The summed E-state index contributed by atoms with van der Waals surface area (Å²) in [5.41, 5.74) is 7.10. The molecule has 166 valence electrons. The van der Waals surface area contributed by atoms with Crippen LogP contribution in [-0.2, 0) is 6.54 Å². The van der Waals surface area contributed by atoms with E-state index < -0.39 is 0 Å². The van der Waals surface area contributed by atoms with Gasteiger partial charge in [0.1, 0.15) is 5.75 Å². The van der Waals surface area contributed by atoms with Crippen molar-refractivity contribution < 1.29 is 5.11 Å². The van der Waals surface area contributed by atoms with Gasteiger partial charge < -0.3 is 9.67 Å². The van der Waals surface area contributed by atoms with Crippen molar-refractivity contribution in [2.24, 2.45) is 15.3 Å². The summed E-state index contributed by atoms with van der Waals surface area (Å²) in [6.45, 7) is 0.615. The highest BCUT2D eigenvalue weighted by Crippen LogP contribution is 2.25. The monoisotopic (exact) mass is 446 g/mol. The fourth-order valence-electron chi connectivity index (χ4n) is 3.57. The fraction of sp³-hybridized carbons (Fsp3) is 0.0370. The second-order valence-corrected chi connectivity index (χ2v) is 7.60. The van der Waals surface area contributed by atoms with Crippen LogP contribution < -0.4 is 5.43 Å². The first-order valence-electron chi connectivity index (χ1n) is 10.9. The quantitative estimate of drug-likeness (QED) is 0.105. The topological polar surface area (TPSA) is 87.2 Å². The fourth-order valence-corrected chi connectivity index (χ4v) is 3.57. The number of azo groups is 1.